The van der Waals surface area contributed by atoms with E-state index in [9.17, 15) is 20.2 Å². The molecule has 98 valence electrons. The van der Waals surface area contributed by atoms with Crippen LogP contribution in [0.25, 0.3) is 0 Å². The standard InChI is InChI=1S/C12H11N3O4/c1-9(10-5-3-2-4-6-10)13-11(14(16)17)7-8-12(13)15(18)19/h2-9H,1H3/t9-/m1/s1. The average molecular weight is 261 g/mol. The highest BCUT2D eigenvalue weighted by molar-refractivity contribution is 5.39. The molecule has 0 saturated heterocycles. The van der Waals surface area contributed by atoms with Gasteiger partial charge in [-0.3, -0.25) is 0 Å². The van der Waals surface area contributed by atoms with Crippen molar-refractivity contribution in [3.8, 4) is 0 Å². The maximum atomic E-state index is 11.0. The van der Waals surface area contributed by atoms with Gasteiger partial charge in [-0.25, -0.2) is 0 Å². The molecule has 0 spiro atoms. The molecule has 7 nitrogen and oxygen atoms in total. The lowest BCUT2D eigenvalue weighted by Crippen LogP contribution is -2.12. The van der Waals surface area contributed by atoms with Crippen molar-refractivity contribution in [2.75, 3.05) is 0 Å². The Morgan fingerprint density at radius 3 is 1.84 bits per heavy atom. The van der Waals surface area contributed by atoms with E-state index in [4.69, 9.17) is 0 Å². The SMILES string of the molecule is C[C@H](c1ccccc1)n1c([N+](=O)[O-])ccc1[N+](=O)[O-]. The van der Waals surface area contributed by atoms with Crippen molar-refractivity contribution in [3.63, 3.8) is 0 Å². The van der Waals surface area contributed by atoms with E-state index >= 15 is 0 Å². The molecule has 0 saturated carbocycles. The highest BCUT2D eigenvalue weighted by Gasteiger charge is 2.27. The molecule has 0 unspecified atom stereocenters. The summed E-state index contributed by atoms with van der Waals surface area (Å²) in [5.41, 5.74) is 0.768. The molecule has 1 aromatic heterocycles. The van der Waals surface area contributed by atoms with Gasteiger partial charge in [0.25, 0.3) is 0 Å². The zero-order chi connectivity index (χ0) is 14.0. The lowest BCUT2D eigenvalue weighted by atomic mass is 10.1. The van der Waals surface area contributed by atoms with Crippen LogP contribution >= 0.6 is 0 Å². The van der Waals surface area contributed by atoms with Gasteiger partial charge in [-0.1, -0.05) is 30.3 Å². The predicted molar refractivity (Wildman–Crippen MR) is 68.0 cm³/mol. The summed E-state index contributed by atoms with van der Waals surface area (Å²) in [5, 5.41) is 21.9. The highest BCUT2D eigenvalue weighted by atomic mass is 16.6. The fourth-order valence-corrected chi connectivity index (χ4v) is 2.00. The van der Waals surface area contributed by atoms with Gasteiger partial charge in [-0.15, -0.1) is 0 Å². The monoisotopic (exact) mass is 261 g/mol. The Kier molecular flexibility index (Phi) is 3.28. The third-order valence-electron chi connectivity index (χ3n) is 2.92. The van der Waals surface area contributed by atoms with Gasteiger partial charge in [0.15, 0.2) is 0 Å². The van der Waals surface area contributed by atoms with E-state index in [2.05, 4.69) is 0 Å². The first-order valence-corrected chi connectivity index (χ1v) is 5.57. The molecule has 1 atom stereocenters. The second-order valence-electron chi connectivity index (χ2n) is 4.02. The van der Waals surface area contributed by atoms with Gasteiger partial charge in [-0.2, -0.15) is 4.57 Å². The van der Waals surface area contributed by atoms with E-state index in [1.807, 2.05) is 6.07 Å². The van der Waals surface area contributed by atoms with E-state index < -0.39 is 15.9 Å². The third kappa shape index (κ3) is 2.30. The van der Waals surface area contributed by atoms with Gasteiger partial charge in [0, 0.05) is 12.1 Å². The maximum absolute atomic E-state index is 11.0. The van der Waals surface area contributed by atoms with Crippen LogP contribution in [0.2, 0.25) is 0 Å². The lowest BCUT2D eigenvalue weighted by Gasteiger charge is -2.12. The molecule has 0 bridgehead atoms. The molecule has 7 heteroatoms. The number of nitro groups is 2. The van der Waals surface area contributed by atoms with Crippen molar-refractivity contribution >= 4 is 11.6 Å². The molecule has 0 amide bonds. The fraction of sp³-hybridized carbons (Fsp3) is 0.167. The largest absolute Gasteiger partial charge is 0.358 e. The van der Waals surface area contributed by atoms with Gasteiger partial charge in [0.1, 0.15) is 6.04 Å². The van der Waals surface area contributed by atoms with Crippen LogP contribution in [0.5, 0.6) is 0 Å². The number of hydrogen-bond donors (Lipinski definition) is 0. The summed E-state index contributed by atoms with van der Waals surface area (Å²) in [5.74, 6) is -0.578. The van der Waals surface area contributed by atoms with E-state index in [1.165, 1.54) is 0 Å². The highest BCUT2D eigenvalue weighted by Crippen LogP contribution is 2.31. The molecule has 19 heavy (non-hydrogen) atoms. The molecule has 1 aromatic carbocycles. The number of benzene rings is 1. The van der Waals surface area contributed by atoms with Crippen molar-refractivity contribution in [2.45, 2.75) is 13.0 Å². The number of nitrogens with zero attached hydrogens (tertiary/aromatic N) is 3. The molecule has 2 rings (SSSR count). The Morgan fingerprint density at radius 2 is 1.42 bits per heavy atom. The molecule has 2 aromatic rings. The quantitative estimate of drug-likeness (QED) is 0.624. The molecule has 0 aliphatic rings. The van der Waals surface area contributed by atoms with Crippen LogP contribution < -0.4 is 0 Å². The van der Waals surface area contributed by atoms with Crippen LogP contribution in [-0.4, -0.2) is 14.4 Å². The summed E-state index contributed by atoms with van der Waals surface area (Å²) in [4.78, 5) is 20.7. The molecular weight excluding hydrogens is 250 g/mol. The lowest BCUT2D eigenvalue weighted by molar-refractivity contribution is -0.406. The molecule has 0 N–H and O–H groups in total. The minimum Gasteiger partial charge on any atom is -0.358 e. The Morgan fingerprint density at radius 1 is 0.947 bits per heavy atom. The first-order chi connectivity index (χ1) is 9.02. The van der Waals surface area contributed by atoms with E-state index in [0.29, 0.717) is 0 Å². The van der Waals surface area contributed by atoms with Crippen molar-refractivity contribution < 1.29 is 9.85 Å². The number of hydrogen-bond acceptors (Lipinski definition) is 4. The van der Waals surface area contributed by atoms with Gasteiger partial charge in [-0.05, 0) is 22.3 Å². The van der Waals surface area contributed by atoms with E-state index in [1.54, 1.807) is 31.2 Å². The van der Waals surface area contributed by atoms with Crippen molar-refractivity contribution in [1.29, 1.82) is 0 Å². The third-order valence-corrected chi connectivity index (χ3v) is 2.92. The van der Waals surface area contributed by atoms with Crippen LogP contribution in [0.4, 0.5) is 11.6 Å². The second kappa shape index (κ2) is 4.89. The Labute approximate surface area is 108 Å². The van der Waals surface area contributed by atoms with Crippen molar-refractivity contribution in [2.24, 2.45) is 0 Å². The second-order valence-corrected chi connectivity index (χ2v) is 4.02. The maximum Gasteiger partial charge on any atom is 0.327 e. The van der Waals surface area contributed by atoms with E-state index in [0.717, 1.165) is 22.3 Å². The minimum absolute atomic E-state index is 0.289. The minimum atomic E-state index is -0.619. The van der Waals surface area contributed by atoms with Crippen molar-refractivity contribution in [1.82, 2.24) is 4.57 Å². The van der Waals surface area contributed by atoms with Gasteiger partial charge in [0.05, 0.1) is 0 Å². The Bertz CT molecular complexity index is 590. The summed E-state index contributed by atoms with van der Waals surface area (Å²) >= 11 is 0. The normalized spacial score (nSPS) is 12.1. The fourth-order valence-electron chi connectivity index (χ4n) is 2.00. The zero-order valence-corrected chi connectivity index (χ0v) is 10.1. The summed E-state index contributed by atoms with van der Waals surface area (Å²) in [6.07, 6.45) is 0. The van der Waals surface area contributed by atoms with Crippen molar-refractivity contribution in [3.05, 3.63) is 68.3 Å². The van der Waals surface area contributed by atoms with Crippen LogP contribution in [-0.2, 0) is 0 Å². The van der Waals surface area contributed by atoms with E-state index in [-0.39, 0.29) is 11.6 Å². The first-order valence-electron chi connectivity index (χ1n) is 5.57. The summed E-state index contributed by atoms with van der Waals surface area (Å²) in [7, 11) is 0. The van der Waals surface area contributed by atoms with Crippen LogP contribution in [0.1, 0.15) is 18.5 Å². The summed E-state index contributed by atoms with van der Waals surface area (Å²) < 4.78 is 1.12. The van der Waals surface area contributed by atoms with Gasteiger partial charge in [0.2, 0.25) is 0 Å². The van der Waals surface area contributed by atoms with Gasteiger partial charge < -0.3 is 20.2 Å². The molecule has 0 aliphatic heterocycles. The first kappa shape index (κ1) is 12.7. The van der Waals surface area contributed by atoms with Crippen LogP contribution in [0, 0.1) is 20.2 Å². The molecule has 0 fully saturated rings. The number of aromatic nitrogens is 1. The Hall–Kier alpha value is -2.70. The average Bonchev–Trinajstić information content (AvgIpc) is 2.83. The molecular formula is C12H11N3O4. The van der Waals surface area contributed by atoms with Crippen LogP contribution in [0.15, 0.2) is 42.5 Å². The molecule has 0 aliphatic carbocycles. The topological polar surface area (TPSA) is 91.2 Å². The predicted octanol–water partition coefficient (Wildman–Crippen LogP) is 2.91. The molecule has 1 heterocycles. The Balaban J connectivity index is 2.57. The molecule has 0 radical (unpaired) electrons. The summed E-state index contributed by atoms with van der Waals surface area (Å²) in [6, 6.07) is 10.7. The zero-order valence-electron chi connectivity index (χ0n) is 10.1. The van der Waals surface area contributed by atoms with Crippen LogP contribution in [0.3, 0.4) is 0 Å². The summed E-state index contributed by atoms with van der Waals surface area (Å²) in [6.45, 7) is 1.69. The smallest absolute Gasteiger partial charge is 0.327 e. The van der Waals surface area contributed by atoms with Gasteiger partial charge >= 0.3 is 11.6 Å². The number of rotatable bonds is 4.